The predicted octanol–water partition coefficient (Wildman–Crippen LogP) is 20.6. The van der Waals surface area contributed by atoms with Crippen LogP contribution < -0.4 is 0 Å². The van der Waals surface area contributed by atoms with Gasteiger partial charge >= 0.3 is 0 Å². The lowest BCUT2D eigenvalue weighted by molar-refractivity contribution is 0.769. The number of hydrogen-bond acceptors (Lipinski definition) is 0. The first-order chi connectivity index (χ1) is 40.2. The maximum atomic E-state index is 2.42. The molecule has 0 fully saturated rings. The first kappa shape index (κ1) is 46.5. The Morgan fingerprint density at radius 1 is 0.198 bits per heavy atom. The Morgan fingerprint density at radius 3 is 1.15 bits per heavy atom. The highest BCUT2D eigenvalue weighted by molar-refractivity contribution is 6.13. The standard InChI is InChI=1S/C79H52N2/c1-3-18-53(19-4-1)60-23-17-27-66(50-60)81-76-35-14-10-31-70(76)72-52-62(43-47-78(72)81)61-42-46-77-71(51-61)69-30-9-13-34-75(69)80(77)65-44-40-56(41-45-65)58-21-15-20-57(48-58)54-36-38-55(39-37-54)59-22-16-26-64(49-59)79(63-24-5-2-6-25-63)73-32-11-7-28-67(73)68-29-8-12-33-74(68)79/h1-52H. The van der Waals surface area contributed by atoms with E-state index in [0.29, 0.717) is 0 Å². The molecule has 0 bridgehead atoms. The maximum Gasteiger partial charge on any atom is 0.0713 e. The molecule has 0 N–H and O–H groups in total. The minimum atomic E-state index is -0.433. The van der Waals surface area contributed by atoms with Crippen LogP contribution in [0.25, 0.3) is 122 Å². The normalized spacial score (nSPS) is 12.5. The van der Waals surface area contributed by atoms with Crippen molar-refractivity contribution >= 4 is 43.6 Å². The first-order valence-electron chi connectivity index (χ1n) is 28.1. The van der Waals surface area contributed by atoms with Gasteiger partial charge in [-0.05, 0) is 162 Å². The topological polar surface area (TPSA) is 9.86 Å². The molecule has 0 spiro atoms. The smallest absolute Gasteiger partial charge is 0.0713 e. The zero-order valence-electron chi connectivity index (χ0n) is 44.4. The van der Waals surface area contributed by atoms with E-state index in [1.165, 1.54) is 133 Å². The molecule has 2 heterocycles. The molecule has 0 unspecified atom stereocenters. The van der Waals surface area contributed by atoms with Crippen molar-refractivity contribution in [3.05, 3.63) is 338 Å². The monoisotopic (exact) mass is 1030 g/mol. The Labute approximate surface area is 471 Å². The average molecular weight is 1030 g/mol. The molecule has 0 saturated heterocycles. The van der Waals surface area contributed by atoms with Gasteiger partial charge in [0.15, 0.2) is 0 Å². The van der Waals surface area contributed by atoms with Gasteiger partial charge < -0.3 is 9.13 Å². The SMILES string of the molecule is c1ccc(-c2cccc(-n3c4ccccc4c4cc(-c5ccc6c(c5)c5ccccc5n6-c5ccc(-c6cccc(-c7ccc(-c8cccc(C9(c%10ccccc%10)c%10ccccc%10-c%10ccccc%109)c8)cc7)c6)cc5)ccc43)c2)cc1. The summed E-state index contributed by atoms with van der Waals surface area (Å²) in [5.74, 6) is 0. The molecule has 0 atom stereocenters. The molecule has 0 saturated carbocycles. The number of rotatable bonds is 9. The summed E-state index contributed by atoms with van der Waals surface area (Å²) in [6, 6.07) is 116. The van der Waals surface area contributed by atoms with Crippen molar-refractivity contribution in [3.63, 3.8) is 0 Å². The van der Waals surface area contributed by atoms with Crippen LogP contribution in [0.15, 0.2) is 315 Å². The van der Waals surface area contributed by atoms with Crippen molar-refractivity contribution in [2.45, 2.75) is 5.41 Å². The number of aromatic nitrogens is 2. The first-order valence-corrected chi connectivity index (χ1v) is 28.1. The molecule has 15 aromatic rings. The van der Waals surface area contributed by atoms with Crippen LogP contribution in [0.4, 0.5) is 0 Å². The summed E-state index contributed by atoms with van der Waals surface area (Å²) >= 11 is 0. The molecule has 1 aliphatic carbocycles. The van der Waals surface area contributed by atoms with Crippen molar-refractivity contribution in [3.8, 4) is 78.1 Å². The summed E-state index contributed by atoms with van der Waals surface area (Å²) in [5, 5.41) is 4.96. The van der Waals surface area contributed by atoms with Gasteiger partial charge in [0.25, 0.3) is 0 Å². The highest BCUT2D eigenvalue weighted by Gasteiger charge is 2.46. The number of para-hydroxylation sites is 2. The van der Waals surface area contributed by atoms with Crippen molar-refractivity contribution in [1.29, 1.82) is 0 Å². The second-order valence-electron chi connectivity index (χ2n) is 21.6. The summed E-state index contributed by atoms with van der Waals surface area (Å²) in [6.45, 7) is 0. The van der Waals surface area contributed by atoms with E-state index in [-0.39, 0.29) is 0 Å². The van der Waals surface area contributed by atoms with E-state index in [1.807, 2.05) is 0 Å². The Bertz CT molecular complexity index is 4860. The van der Waals surface area contributed by atoms with E-state index in [0.717, 1.165) is 11.4 Å². The van der Waals surface area contributed by atoms with E-state index >= 15 is 0 Å². The van der Waals surface area contributed by atoms with Crippen LogP contribution in [0.2, 0.25) is 0 Å². The van der Waals surface area contributed by atoms with Gasteiger partial charge in [-0.15, -0.1) is 0 Å². The van der Waals surface area contributed by atoms with E-state index in [1.54, 1.807) is 0 Å². The Balaban J connectivity index is 0.697. The van der Waals surface area contributed by atoms with Crippen molar-refractivity contribution in [1.82, 2.24) is 9.13 Å². The van der Waals surface area contributed by atoms with Crippen LogP contribution >= 0.6 is 0 Å². The van der Waals surface area contributed by atoms with Gasteiger partial charge in [-0.25, -0.2) is 0 Å². The quantitative estimate of drug-likeness (QED) is 0.136. The van der Waals surface area contributed by atoms with Crippen molar-refractivity contribution < 1.29 is 0 Å². The van der Waals surface area contributed by atoms with Gasteiger partial charge in [-0.2, -0.15) is 0 Å². The highest BCUT2D eigenvalue weighted by Crippen LogP contribution is 2.56. The Morgan fingerprint density at radius 2 is 0.568 bits per heavy atom. The number of nitrogens with zero attached hydrogens (tertiary/aromatic N) is 2. The zero-order valence-corrected chi connectivity index (χ0v) is 44.4. The van der Waals surface area contributed by atoms with Crippen molar-refractivity contribution in [2.75, 3.05) is 0 Å². The van der Waals surface area contributed by atoms with E-state index < -0.39 is 5.41 Å². The molecule has 2 aromatic heterocycles. The van der Waals surface area contributed by atoms with Crippen LogP contribution in [-0.4, -0.2) is 9.13 Å². The summed E-state index contributed by atoms with van der Waals surface area (Å²) < 4.78 is 4.83. The van der Waals surface area contributed by atoms with Crippen LogP contribution in [0.3, 0.4) is 0 Å². The summed E-state index contributed by atoms with van der Waals surface area (Å²) in [7, 11) is 0. The van der Waals surface area contributed by atoms with Gasteiger partial charge in [-0.1, -0.05) is 243 Å². The second-order valence-corrected chi connectivity index (χ2v) is 21.6. The highest BCUT2D eigenvalue weighted by atomic mass is 15.0. The molecule has 2 nitrogen and oxygen atoms in total. The van der Waals surface area contributed by atoms with Crippen LogP contribution in [0, 0.1) is 0 Å². The fraction of sp³-hybridized carbons (Fsp3) is 0.0127. The minimum absolute atomic E-state index is 0.433. The molecule has 1 aliphatic rings. The van der Waals surface area contributed by atoms with E-state index in [9.17, 15) is 0 Å². The zero-order chi connectivity index (χ0) is 53.4. The lowest BCUT2D eigenvalue weighted by atomic mass is 9.67. The largest absolute Gasteiger partial charge is 0.309 e. The third kappa shape index (κ3) is 7.49. The van der Waals surface area contributed by atoms with Crippen LogP contribution in [0.5, 0.6) is 0 Å². The Hall–Kier alpha value is -10.5. The summed E-state index contributed by atoms with van der Waals surface area (Å²) in [6.07, 6.45) is 0. The molecule has 0 radical (unpaired) electrons. The van der Waals surface area contributed by atoms with E-state index in [4.69, 9.17) is 0 Å². The average Bonchev–Trinajstić information content (AvgIpc) is 4.25. The van der Waals surface area contributed by atoms with Gasteiger partial charge in [0, 0.05) is 32.9 Å². The lowest BCUT2D eigenvalue weighted by Crippen LogP contribution is -2.28. The third-order valence-corrected chi connectivity index (χ3v) is 17.2. The van der Waals surface area contributed by atoms with Crippen LogP contribution in [-0.2, 0) is 5.41 Å². The molecule has 13 aromatic carbocycles. The van der Waals surface area contributed by atoms with Crippen LogP contribution in [0.1, 0.15) is 22.3 Å². The van der Waals surface area contributed by atoms with Gasteiger partial charge in [-0.3, -0.25) is 0 Å². The maximum absolute atomic E-state index is 2.42. The fourth-order valence-electron chi connectivity index (χ4n) is 13.5. The molecular weight excluding hydrogens is 977 g/mol. The predicted molar refractivity (Wildman–Crippen MR) is 340 cm³/mol. The molecule has 0 aliphatic heterocycles. The van der Waals surface area contributed by atoms with E-state index in [2.05, 4.69) is 325 Å². The summed E-state index contributed by atoms with van der Waals surface area (Å²) in [4.78, 5) is 0. The van der Waals surface area contributed by atoms with Gasteiger partial charge in [0.2, 0.25) is 0 Å². The molecule has 378 valence electrons. The molecule has 2 heteroatoms. The molecule has 81 heavy (non-hydrogen) atoms. The third-order valence-electron chi connectivity index (χ3n) is 17.2. The van der Waals surface area contributed by atoms with Gasteiger partial charge in [0.1, 0.15) is 0 Å². The van der Waals surface area contributed by atoms with Crippen molar-refractivity contribution in [2.24, 2.45) is 0 Å². The second kappa shape index (κ2) is 18.8. The molecular formula is C79H52N2. The number of benzene rings is 13. The fourth-order valence-corrected chi connectivity index (χ4v) is 13.5. The molecule has 0 amide bonds. The number of fused-ring (bicyclic) bond motifs is 9. The lowest BCUT2D eigenvalue weighted by Gasteiger charge is -2.34. The number of hydrogen-bond donors (Lipinski definition) is 0. The Kier molecular flexibility index (Phi) is 10.8. The molecule has 16 rings (SSSR count). The minimum Gasteiger partial charge on any atom is -0.309 e. The van der Waals surface area contributed by atoms with Gasteiger partial charge in [0.05, 0.1) is 27.5 Å². The summed E-state index contributed by atoms with van der Waals surface area (Å²) in [5.41, 5.74) is 26.4.